The summed E-state index contributed by atoms with van der Waals surface area (Å²) in [6.07, 6.45) is 4.82. The van der Waals surface area contributed by atoms with Gasteiger partial charge in [-0.05, 0) is 6.42 Å². The quantitative estimate of drug-likeness (QED) is 0.426. The maximum absolute atomic E-state index is 8.20. The summed E-state index contributed by atoms with van der Waals surface area (Å²) in [5.74, 6) is 0. The van der Waals surface area contributed by atoms with E-state index in [2.05, 4.69) is 6.92 Å². The van der Waals surface area contributed by atoms with Crippen LogP contribution in [0.25, 0.3) is 0 Å². The summed E-state index contributed by atoms with van der Waals surface area (Å²) in [6.45, 7) is 2.88. The lowest BCUT2D eigenvalue weighted by Crippen LogP contribution is -1.98. The van der Waals surface area contributed by atoms with Gasteiger partial charge in [0.25, 0.3) is 0 Å². The Hall–Kier alpha value is -0.0151. The zero-order valence-electron chi connectivity index (χ0n) is 6.10. The van der Waals surface area contributed by atoms with E-state index < -0.39 is 0 Å². The molecule has 0 heterocycles. The molecule has 0 aliphatic rings. The third-order valence-electron chi connectivity index (χ3n) is 1.23. The molecule has 3 heteroatoms. The molecule has 0 aromatic heterocycles. The molecule has 9 heavy (non-hydrogen) atoms. The molecular weight excluding hydrogens is 115 g/mol. The Morgan fingerprint density at radius 1 is 1.33 bits per heavy atom. The highest BCUT2D eigenvalue weighted by atomic mass is 16.5. The van der Waals surface area contributed by atoms with Crippen molar-refractivity contribution in [3.05, 3.63) is 0 Å². The van der Waals surface area contributed by atoms with Crippen molar-refractivity contribution < 1.29 is 9.68 Å². The normalized spacial score (nSPS) is 9.56. The summed E-state index contributed by atoms with van der Waals surface area (Å²) in [5, 5.41) is 8.20. The second kappa shape index (κ2) is 7.98. The molecule has 0 aromatic rings. The van der Waals surface area contributed by atoms with E-state index in [9.17, 15) is 0 Å². The van der Waals surface area contributed by atoms with Crippen molar-refractivity contribution in [2.75, 3.05) is 6.61 Å². The molecule has 0 saturated carbocycles. The molecular formula is C6H15BO2. The van der Waals surface area contributed by atoms with Crippen LogP contribution in [0, 0.1) is 0 Å². The molecule has 0 atom stereocenters. The van der Waals surface area contributed by atoms with Crippen molar-refractivity contribution in [3.8, 4) is 0 Å². The van der Waals surface area contributed by atoms with Crippen LogP contribution in [0.15, 0.2) is 0 Å². The van der Waals surface area contributed by atoms with Gasteiger partial charge in [-0.25, -0.2) is 0 Å². The summed E-state index contributed by atoms with van der Waals surface area (Å²) in [5.41, 5.74) is 0. The summed E-state index contributed by atoms with van der Waals surface area (Å²) < 4.78 is 4.74. The first-order valence-electron chi connectivity index (χ1n) is 3.60. The first-order chi connectivity index (χ1) is 4.41. The van der Waals surface area contributed by atoms with Crippen LogP contribution in [0.4, 0.5) is 0 Å². The third-order valence-corrected chi connectivity index (χ3v) is 1.23. The van der Waals surface area contributed by atoms with E-state index in [0.717, 1.165) is 6.42 Å². The van der Waals surface area contributed by atoms with Gasteiger partial charge in [0.1, 0.15) is 0 Å². The van der Waals surface area contributed by atoms with Gasteiger partial charge >= 0.3 is 7.69 Å². The molecule has 0 bridgehead atoms. The monoisotopic (exact) mass is 130 g/mol. The lowest BCUT2D eigenvalue weighted by molar-refractivity contribution is 0.275. The largest absolute Gasteiger partial charge is 0.435 e. The predicted octanol–water partition coefficient (Wildman–Crippen LogP) is 0.842. The maximum atomic E-state index is 8.20. The minimum absolute atomic E-state index is 0.133. The van der Waals surface area contributed by atoms with E-state index in [1.54, 1.807) is 0 Å². The van der Waals surface area contributed by atoms with E-state index >= 15 is 0 Å². The van der Waals surface area contributed by atoms with Gasteiger partial charge in [0, 0.05) is 6.61 Å². The molecule has 0 aliphatic heterocycles. The molecule has 0 amide bonds. The highest BCUT2D eigenvalue weighted by Gasteiger charge is 1.87. The molecule has 1 N–H and O–H groups in total. The van der Waals surface area contributed by atoms with Crippen LogP contribution >= 0.6 is 0 Å². The molecule has 0 radical (unpaired) electrons. The van der Waals surface area contributed by atoms with Crippen LogP contribution in [-0.2, 0) is 4.65 Å². The lowest BCUT2D eigenvalue weighted by atomic mass is 10.2. The molecule has 2 nitrogen and oxygen atoms in total. The molecule has 0 saturated heterocycles. The Bertz CT molecular complexity index is 44.3. The Morgan fingerprint density at radius 2 is 2.11 bits per heavy atom. The van der Waals surface area contributed by atoms with Crippen LogP contribution < -0.4 is 0 Å². The van der Waals surface area contributed by atoms with Crippen molar-refractivity contribution in [1.82, 2.24) is 0 Å². The highest BCUT2D eigenvalue weighted by molar-refractivity contribution is 6.15. The van der Waals surface area contributed by atoms with E-state index in [-0.39, 0.29) is 7.69 Å². The number of rotatable bonds is 6. The van der Waals surface area contributed by atoms with Crippen LogP contribution in [-0.4, -0.2) is 19.3 Å². The summed E-state index contributed by atoms with van der Waals surface area (Å²) in [6, 6.07) is 0. The van der Waals surface area contributed by atoms with Gasteiger partial charge in [-0.15, -0.1) is 0 Å². The summed E-state index contributed by atoms with van der Waals surface area (Å²) >= 11 is 0. The fourth-order valence-electron chi connectivity index (χ4n) is 0.695. The van der Waals surface area contributed by atoms with Gasteiger partial charge < -0.3 is 9.68 Å². The Kier molecular flexibility index (Phi) is 7.97. The van der Waals surface area contributed by atoms with Crippen molar-refractivity contribution in [2.24, 2.45) is 0 Å². The number of hydrogen-bond acceptors (Lipinski definition) is 2. The smallest absolute Gasteiger partial charge is 0.430 e. The molecule has 0 unspecified atom stereocenters. The van der Waals surface area contributed by atoms with Crippen LogP contribution in [0.3, 0.4) is 0 Å². The molecule has 0 aliphatic carbocycles. The van der Waals surface area contributed by atoms with Gasteiger partial charge in [0.2, 0.25) is 0 Å². The van der Waals surface area contributed by atoms with Gasteiger partial charge in [0.15, 0.2) is 0 Å². The fraction of sp³-hybridized carbons (Fsp3) is 1.00. The van der Waals surface area contributed by atoms with Gasteiger partial charge in [0.05, 0.1) is 0 Å². The highest BCUT2D eigenvalue weighted by Crippen LogP contribution is 1.97. The molecule has 0 spiro atoms. The molecule has 0 fully saturated rings. The van der Waals surface area contributed by atoms with E-state index in [1.165, 1.54) is 19.3 Å². The minimum Gasteiger partial charge on any atom is -0.430 e. The first kappa shape index (κ1) is 8.98. The summed E-state index contributed by atoms with van der Waals surface area (Å²) in [7, 11) is -0.133. The SMILES string of the molecule is CCCCCCOBO. The third kappa shape index (κ3) is 7.98. The standard InChI is InChI=1S/C6H15BO2/c1-2-3-4-5-6-9-7-8/h7-8H,2-6H2,1H3. The zero-order chi connectivity index (χ0) is 6.95. The minimum atomic E-state index is -0.133. The first-order valence-corrected chi connectivity index (χ1v) is 3.60. The number of unbranched alkanes of at least 4 members (excludes halogenated alkanes) is 3. The van der Waals surface area contributed by atoms with Crippen LogP contribution in [0.5, 0.6) is 0 Å². The van der Waals surface area contributed by atoms with Gasteiger partial charge in [-0.2, -0.15) is 0 Å². The second-order valence-electron chi connectivity index (χ2n) is 2.10. The van der Waals surface area contributed by atoms with E-state index in [0.29, 0.717) is 6.61 Å². The van der Waals surface area contributed by atoms with Crippen molar-refractivity contribution in [2.45, 2.75) is 32.6 Å². The lowest BCUT2D eigenvalue weighted by Gasteiger charge is -1.97. The number of hydrogen-bond donors (Lipinski definition) is 1. The summed E-state index contributed by atoms with van der Waals surface area (Å²) in [4.78, 5) is 0. The average molecular weight is 130 g/mol. The fourth-order valence-corrected chi connectivity index (χ4v) is 0.695. The van der Waals surface area contributed by atoms with Crippen LogP contribution in [0.2, 0.25) is 0 Å². The second-order valence-corrected chi connectivity index (χ2v) is 2.10. The maximum Gasteiger partial charge on any atom is 0.435 e. The Morgan fingerprint density at radius 3 is 2.67 bits per heavy atom. The van der Waals surface area contributed by atoms with Crippen molar-refractivity contribution in [1.29, 1.82) is 0 Å². The zero-order valence-corrected chi connectivity index (χ0v) is 6.10. The Labute approximate surface area is 57.5 Å². The van der Waals surface area contributed by atoms with Crippen molar-refractivity contribution in [3.63, 3.8) is 0 Å². The van der Waals surface area contributed by atoms with E-state index in [4.69, 9.17) is 9.68 Å². The molecule has 0 aromatic carbocycles. The van der Waals surface area contributed by atoms with Crippen molar-refractivity contribution >= 4 is 7.69 Å². The van der Waals surface area contributed by atoms with Crippen LogP contribution in [0.1, 0.15) is 32.6 Å². The predicted molar refractivity (Wildman–Crippen MR) is 39.5 cm³/mol. The van der Waals surface area contributed by atoms with E-state index in [1.807, 2.05) is 0 Å². The molecule has 54 valence electrons. The molecule has 0 rings (SSSR count). The van der Waals surface area contributed by atoms with Gasteiger partial charge in [-0.1, -0.05) is 26.2 Å². The average Bonchev–Trinajstić information content (AvgIpc) is 1.89. The Balaban J connectivity index is 2.60. The topological polar surface area (TPSA) is 29.5 Å². The van der Waals surface area contributed by atoms with Gasteiger partial charge in [-0.3, -0.25) is 0 Å².